The molecule has 1 aromatic carbocycles. The van der Waals surface area contributed by atoms with Crippen LogP contribution in [-0.4, -0.2) is 32.3 Å². The minimum absolute atomic E-state index is 0.135. The fourth-order valence-electron chi connectivity index (χ4n) is 2.72. The molecule has 0 amide bonds. The van der Waals surface area contributed by atoms with Crippen LogP contribution in [0, 0.1) is 5.41 Å². The van der Waals surface area contributed by atoms with Gasteiger partial charge in [0.15, 0.2) is 0 Å². The second kappa shape index (κ2) is 7.21. The monoisotopic (exact) mass is 377 g/mol. The van der Waals surface area contributed by atoms with Gasteiger partial charge in [0.05, 0.1) is 17.2 Å². The van der Waals surface area contributed by atoms with E-state index < -0.39 is 23.6 Å². The highest BCUT2D eigenvalue weighted by atomic mass is 35.5. The van der Waals surface area contributed by atoms with Gasteiger partial charge in [0.1, 0.15) is 18.4 Å². The summed E-state index contributed by atoms with van der Waals surface area (Å²) < 4.78 is 42.3. The van der Waals surface area contributed by atoms with E-state index >= 15 is 0 Å². The molecule has 1 N–H and O–H groups in total. The van der Waals surface area contributed by atoms with Crippen LogP contribution in [0.15, 0.2) is 30.9 Å². The summed E-state index contributed by atoms with van der Waals surface area (Å²) in [5.74, 6) is -0.452. The van der Waals surface area contributed by atoms with Crippen molar-refractivity contribution in [2.75, 3.05) is 0 Å². The van der Waals surface area contributed by atoms with Crippen molar-refractivity contribution in [3.63, 3.8) is 0 Å². The third-order valence-electron chi connectivity index (χ3n) is 3.99. The molecule has 2 rings (SSSR count). The molecule has 138 valence electrons. The van der Waals surface area contributed by atoms with Crippen LogP contribution in [0.5, 0.6) is 5.75 Å². The summed E-state index contributed by atoms with van der Waals surface area (Å²) in [5, 5.41) is 14.5. The zero-order valence-electron chi connectivity index (χ0n) is 14.0. The lowest BCUT2D eigenvalue weighted by atomic mass is 9.78. The SMILES string of the molecule is CC(C(O)C(C)(C)Cc1ccc(OC(F)(F)F)c(Cl)c1)n1cncn1. The number of halogens is 4. The number of hydrogen-bond donors (Lipinski definition) is 1. The van der Waals surface area contributed by atoms with Gasteiger partial charge in [0, 0.05) is 0 Å². The van der Waals surface area contributed by atoms with Gasteiger partial charge in [-0.1, -0.05) is 31.5 Å². The van der Waals surface area contributed by atoms with Crippen LogP contribution in [-0.2, 0) is 6.42 Å². The summed E-state index contributed by atoms with van der Waals surface area (Å²) >= 11 is 5.88. The number of ether oxygens (including phenoxy) is 1. The molecule has 0 radical (unpaired) electrons. The third kappa shape index (κ3) is 5.09. The summed E-state index contributed by atoms with van der Waals surface area (Å²) in [6.45, 7) is 5.53. The van der Waals surface area contributed by atoms with E-state index in [4.69, 9.17) is 11.6 Å². The van der Waals surface area contributed by atoms with Gasteiger partial charge >= 0.3 is 6.36 Å². The minimum Gasteiger partial charge on any atom is -0.404 e. The first-order valence-corrected chi connectivity index (χ1v) is 7.94. The summed E-state index contributed by atoms with van der Waals surface area (Å²) in [6, 6.07) is 3.77. The van der Waals surface area contributed by atoms with Crippen molar-refractivity contribution in [1.29, 1.82) is 0 Å². The van der Waals surface area contributed by atoms with E-state index in [2.05, 4.69) is 14.8 Å². The minimum atomic E-state index is -4.80. The predicted molar refractivity (Wildman–Crippen MR) is 86.4 cm³/mol. The van der Waals surface area contributed by atoms with Crippen molar-refractivity contribution in [3.8, 4) is 5.75 Å². The number of aromatic nitrogens is 3. The van der Waals surface area contributed by atoms with Crippen LogP contribution in [0.2, 0.25) is 5.02 Å². The second-order valence-corrected chi connectivity index (χ2v) is 6.95. The topological polar surface area (TPSA) is 60.2 Å². The van der Waals surface area contributed by atoms with Gasteiger partial charge < -0.3 is 9.84 Å². The first kappa shape index (κ1) is 19.5. The Bertz CT molecular complexity index is 705. The molecule has 5 nitrogen and oxygen atoms in total. The Hall–Kier alpha value is -1.80. The molecule has 1 heterocycles. The van der Waals surface area contributed by atoms with Gasteiger partial charge in [-0.25, -0.2) is 9.67 Å². The lowest BCUT2D eigenvalue weighted by molar-refractivity contribution is -0.274. The molecular formula is C16H19ClF3N3O2. The Labute approximate surface area is 148 Å². The third-order valence-corrected chi connectivity index (χ3v) is 4.29. The van der Waals surface area contributed by atoms with Gasteiger partial charge in [0.2, 0.25) is 0 Å². The van der Waals surface area contributed by atoms with Gasteiger partial charge in [-0.05, 0) is 36.5 Å². The summed E-state index contributed by atoms with van der Waals surface area (Å²) in [4.78, 5) is 3.86. The number of nitrogens with zero attached hydrogens (tertiary/aromatic N) is 3. The Morgan fingerprint density at radius 3 is 2.52 bits per heavy atom. The van der Waals surface area contributed by atoms with E-state index in [0.717, 1.165) is 0 Å². The largest absolute Gasteiger partial charge is 0.573 e. The van der Waals surface area contributed by atoms with Crippen molar-refractivity contribution in [2.45, 2.75) is 45.7 Å². The summed E-state index contributed by atoms with van der Waals surface area (Å²) in [7, 11) is 0. The Balaban J connectivity index is 2.13. The Morgan fingerprint density at radius 1 is 1.32 bits per heavy atom. The number of aliphatic hydroxyl groups is 1. The maximum atomic E-state index is 12.3. The molecule has 0 aliphatic heterocycles. The zero-order valence-corrected chi connectivity index (χ0v) is 14.7. The molecular weight excluding hydrogens is 359 g/mol. The first-order chi connectivity index (χ1) is 11.5. The molecule has 2 atom stereocenters. The summed E-state index contributed by atoms with van der Waals surface area (Å²) in [6.07, 6.45) is -2.26. The highest BCUT2D eigenvalue weighted by Gasteiger charge is 2.34. The van der Waals surface area contributed by atoms with Crippen molar-refractivity contribution in [2.24, 2.45) is 5.41 Å². The molecule has 0 fully saturated rings. The predicted octanol–water partition coefficient (Wildman–Crippen LogP) is 4.02. The molecule has 0 saturated heterocycles. The number of hydrogen-bond acceptors (Lipinski definition) is 4. The molecule has 9 heteroatoms. The highest BCUT2D eigenvalue weighted by Crippen LogP contribution is 2.35. The number of benzene rings is 1. The van der Waals surface area contributed by atoms with Gasteiger partial charge in [0.25, 0.3) is 0 Å². The van der Waals surface area contributed by atoms with E-state index in [-0.39, 0.29) is 11.1 Å². The van der Waals surface area contributed by atoms with Crippen LogP contribution >= 0.6 is 11.6 Å². The fraction of sp³-hybridized carbons (Fsp3) is 0.500. The van der Waals surface area contributed by atoms with E-state index in [0.29, 0.717) is 12.0 Å². The molecule has 0 saturated carbocycles. The molecule has 0 spiro atoms. The molecule has 0 aliphatic rings. The first-order valence-electron chi connectivity index (χ1n) is 7.56. The van der Waals surface area contributed by atoms with Crippen molar-refractivity contribution in [1.82, 2.24) is 14.8 Å². The molecule has 2 aromatic rings. The average molecular weight is 378 g/mol. The quantitative estimate of drug-likeness (QED) is 0.826. The van der Waals surface area contributed by atoms with Crippen LogP contribution < -0.4 is 4.74 Å². The normalized spacial score (nSPS) is 15.0. The second-order valence-electron chi connectivity index (χ2n) is 6.54. The molecule has 25 heavy (non-hydrogen) atoms. The maximum Gasteiger partial charge on any atom is 0.573 e. The smallest absolute Gasteiger partial charge is 0.404 e. The van der Waals surface area contributed by atoms with Crippen LogP contribution in [0.25, 0.3) is 0 Å². The Kier molecular flexibility index (Phi) is 5.63. The number of aliphatic hydroxyl groups excluding tert-OH is 1. The number of rotatable bonds is 6. The Morgan fingerprint density at radius 2 is 2.00 bits per heavy atom. The molecule has 0 bridgehead atoms. The average Bonchev–Trinajstić information content (AvgIpc) is 3.01. The highest BCUT2D eigenvalue weighted by molar-refractivity contribution is 6.32. The lowest BCUT2D eigenvalue weighted by Gasteiger charge is -2.34. The van der Waals surface area contributed by atoms with Crippen molar-refractivity contribution < 1.29 is 23.0 Å². The van der Waals surface area contributed by atoms with E-state index in [1.54, 1.807) is 4.68 Å². The molecule has 1 aromatic heterocycles. The van der Waals surface area contributed by atoms with E-state index in [1.807, 2.05) is 20.8 Å². The summed E-state index contributed by atoms with van der Waals surface area (Å²) in [5.41, 5.74) is 0.107. The van der Waals surface area contributed by atoms with E-state index in [9.17, 15) is 18.3 Å². The van der Waals surface area contributed by atoms with Crippen molar-refractivity contribution >= 4 is 11.6 Å². The van der Waals surface area contributed by atoms with E-state index in [1.165, 1.54) is 30.9 Å². The van der Waals surface area contributed by atoms with Crippen LogP contribution in [0.4, 0.5) is 13.2 Å². The van der Waals surface area contributed by atoms with Gasteiger partial charge in [-0.15, -0.1) is 13.2 Å². The number of alkyl halides is 3. The maximum absolute atomic E-state index is 12.3. The standard InChI is InChI=1S/C16H19ClF3N3O2/c1-10(23-9-21-8-22-23)14(24)15(2,3)7-11-4-5-13(12(17)6-11)25-16(18,19)20/h4-6,8-10,14,24H,7H2,1-3H3. The van der Waals surface area contributed by atoms with Crippen LogP contribution in [0.3, 0.4) is 0 Å². The zero-order chi connectivity index (χ0) is 18.8. The fourth-order valence-corrected chi connectivity index (χ4v) is 2.96. The molecule has 2 unspecified atom stereocenters. The van der Waals surface area contributed by atoms with Gasteiger partial charge in [-0.3, -0.25) is 0 Å². The molecule has 0 aliphatic carbocycles. The van der Waals surface area contributed by atoms with Gasteiger partial charge in [-0.2, -0.15) is 5.10 Å². The lowest BCUT2D eigenvalue weighted by Crippen LogP contribution is -2.38. The van der Waals surface area contributed by atoms with Crippen LogP contribution in [0.1, 0.15) is 32.4 Å². The van der Waals surface area contributed by atoms with Crippen molar-refractivity contribution in [3.05, 3.63) is 41.4 Å².